The monoisotopic (exact) mass is 452 g/mol. The quantitative estimate of drug-likeness (QED) is 0.544. The number of benzene rings is 1. The van der Waals surface area contributed by atoms with Crippen LogP contribution in [0.4, 0.5) is 18.0 Å². The molecule has 1 saturated heterocycles. The highest BCUT2D eigenvalue weighted by atomic mass is 19.4. The van der Waals surface area contributed by atoms with E-state index in [-0.39, 0.29) is 30.4 Å². The van der Waals surface area contributed by atoms with Crippen molar-refractivity contribution < 1.29 is 22.7 Å². The molecule has 0 aromatic heterocycles. The molecule has 178 valence electrons. The molecular weight excluding hydrogens is 417 g/mol. The summed E-state index contributed by atoms with van der Waals surface area (Å²) < 4.78 is 44.8. The van der Waals surface area contributed by atoms with E-state index in [0.29, 0.717) is 25.6 Å². The van der Waals surface area contributed by atoms with E-state index in [2.05, 4.69) is 17.0 Å². The first-order valence-electron chi connectivity index (χ1n) is 11.8. The van der Waals surface area contributed by atoms with Crippen molar-refractivity contribution in [2.24, 2.45) is 11.3 Å². The summed E-state index contributed by atoms with van der Waals surface area (Å²) in [6.07, 6.45) is -1.07. The predicted octanol–water partition coefficient (Wildman–Crippen LogP) is 5.83. The number of alkyl halides is 3. The molecule has 1 aromatic rings. The maximum Gasteiger partial charge on any atom is 0.410 e. The summed E-state index contributed by atoms with van der Waals surface area (Å²) in [4.78, 5) is 17.2. The van der Waals surface area contributed by atoms with Crippen LogP contribution in [0.3, 0.4) is 0 Å². The standard InChI is InChI=1S/C25H35F3N2O2/c1-23(2,3)32-22(31)30(21-15-20(21)18-7-5-4-6-8-18)17-24(11-12-24)16-29-13-9-19(10-14-29)25(26,27)28/h4-8,19-21H,9-17H2,1-3H3. The second-order valence-electron chi connectivity index (χ2n) is 11.0. The number of amides is 1. The molecule has 32 heavy (non-hydrogen) atoms. The Morgan fingerprint density at radius 3 is 2.28 bits per heavy atom. The van der Waals surface area contributed by atoms with Gasteiger partial charge in [0.05, 0.1) is 5.92 Å². The second-order valence-corrected chi connectivity index (χ2v) is 11.0. The van der Waals surface area contributed by atoms with Crippen LogP contribution < -0.4 is 0 Å². The summed E-state index contributed by atoms with van der Waals surface area (Å²) in [5.74, 6) is -0.854. The zero-order valence-electron chi connectivity index (χ0n) is 19.3. The van der Waals surface area contributed by atoms with Gasteiger partial charge < -0.3 is 14.5 Å². The summed E-state index contributed by atoms with van der Waals surface area (Å²) in [6.45, 7) is 7.98. The zero-order valence-corrected chi connectivity index (χ0v) is 19.3. The fraction of sp³-hybridized carbons (Fsp3) is 0.720. The van der Waals surface area contributed by atoms with Crippen LogP contribution in [0.2, 0.25) is 0 Å². The predicted molar refractivity (Wildman–Crippen MR) is 117 cm³/mol. The third-order valence-electron chi connectivity index (χ3n) is 7.09. The Labute approximate surface area is 189 Å². The topological polar surface area (TPSA) is 32.8 Å². The summed E-state index contributed by atoms with van der Waals surface area (Å²) in [5, 5.41) is 0. The number of hydrogen-bond donors (Lipinski definition) is 0. The Kier molecular flexibility index (Phi) is 6.25. The molecule has 0 bridgehead atoms. The molecule has 4 rings (SSSR count). The van der Waals surface area contributed by atoms with Gasteiger partial charge >= 0.3 is 12.3 Å². The van der Waals surface area contributed by atoms with Crippen LogP contribution in [0.15, 0.2) is 30.3 Å². The molecule has 3 aliphatic rings. The van der Waals surface area contributed by atoms with E-state index in [4.69, 9.17) is 4.74 Å². The van der Waals surface area contributed by atoms with Crippen LogP contribution in [0, 0.1) is 11.3 Å². The molecule has 1 aromatic carbocycles. The van der Waals surface area contributed by atoms with Crippen LogP contribution in [-0.2, 0) is 4.74 Å². The van der Waals surface area contributed by atoms with E-state index >= 15 is 0 Å². The summed E-state index contributed by atoms with van der Waals surface area (Å²) >= 11 is 0. The molecule has 0 radical (unpaired) electrons. The van der Waals surface area contributed by atoms with Crippen molar-refractivity contribution >= 4 is 6.09 Å². The van der Waals surface area contributed by atoms with Crippen molar-refractivity contribution in [1.29, 1.82) is 0 Å². The number of nitrogens with zero attached hydrogens (tertiary/aromatic N) is 2. The number of rotatable bonds is 6. The van der Waals surface area contributed by atoms with Gasteiger partial charge in [-0.25, -0.2) is 4.79 Å². The zero-order chi connectivity index (χ0) is 23.1. The second kappa shape index (κ2) is 8.54. The summed E-state index contributed by atoms with van der Waals surface area (Å²) in [6, 6.07) is 10.4. The summed E-state index contributed by atoms with van der Waals surface area (Å²) in [5.41, 5.74) is 0.652. The molecular formula is C25H35F3N2O2. The van der Waals surface area contributed by atoms with Gasteiger partial charge in [0.2, 0.25) is 0 Å². The van der Waals surface area contributed by atoms with Gasteiger partial charge in [-0.2, -0.15) is 13.2 Å². The average molecular weight is 453 g/mol. The van der Waals surface area contributed by atoms with Crippen molar-refractivity contribution in [3.8, 4) is 0 Å². The van der Waals surface area contributed by atoms with Crippen LogP contribution in [-0.4, -0.2) is 59.9 Å². The Morgan fingerprint density at radius 2 is 1.75 bits per heavy atom. The molecule has 0 N–H and O–H groups in total. The minimum Gasteiger partial charge on any atom is -0.444 e. The Morgan fingerprint density at radius 1 is 1.12 bits per heavy atom. The molecule has 2 unspecified atom stereocenters. The van der Waals surface area contributed by atoms with Crippen LogP contribution in [0.5, 0.6) is 0 Å². The molecule has 0 spiro atoms. The highest BCUT2D eigenvalue weighted by Gasteiger charge is 2.53. The minimum atomic E-state index is -4.09. The van der Waals surface area contributed by atoms with Crippen LogP contribution >= 0.6 is 0 Å². The molecule has 1 aliphatic heterocycles. The third-order valence-corrected chi connectivity index (χ3v) is 7.09. The molecule has 3 fully saturated rings. The fourth-order valence-electron chi connectivity index (χ4n) is 5.02. The van der Waals surface area contributed by atoms with Gasteiger partial charge in [0.15, 0.2) is 0 Å². The van der Waals surface area contributed by atoms with E-state index in [1.807, 2.05) is 43.9 Å². The van der Waals surface area contributed by atoms with Crippen molar-refractivity contribution in [2.45, 2.75) is 76.6 Å². The number of carbonyl (C=O) groups excluding carboxylic acids is 1. The molecule has 1 amide bonds. The normalized spacial score (nSPS) is 25.9. The third kappa shape index (κ3) is 5.77. The van der Waals surface area contributed by atoms with Gasteiger partial charge in [-0.1, -0.05) is 30.3 Å². The Balaban J connectivity index is 1.40. The molecule has 2 saturated carbocycles. The fourth-order valence-corrected chi connectivity index (χ4v) is 5.02. The highest BCUT2D eigenvalue weighted by Crippen LogP contribution is 2.52. The van der Waals surface area contributed by atoms with Crippen molar-refractivity contribution in [3.05, 3.63) is 35.9 Å². The smallest absolute Gasteiger partial charge is 0.410 e. The van der Waals surface area contributed by atoms with Gasteiger partial charge in [0.1, 0.15) is 5.60 Å². The van der Waals surface area contributed by atoms with Gasteiger partial charge in [0.25, 0.3) is 0 Å². The maximum atomic E-state index is 13.1. The van der Waals surface area contributed by atoms with Crippen LogP contribution in [0.25, 0.3) is 0 Å². The lowest BCUT2D eigenvalue weighted by Crippen LogP contribution is -2.46. The van der Waals surface area contributed by atoms with Gasteiger partial charge in [-0.15, -0.1) is 0 Å². The van der Waals surface area contributed by atoms with E-state index in [1.54, 1.807) is 0 Å². The lowest BCUT2D eigenvalue weighted by atomic mass is 9.94. The van der Waals surface area contributed by atoms with Crippen molar-refractivity contribution in [3.63, 3.8) is 0 Å². The van der Waals surface area contributed by atoms with Gasteiger partial charge in [0, 0.05) is 30.5 Å². The Bertz CT molecular complexity index is 794. The maximum absolute atomic E-state index is 13.1. The number of piperidine rings is 1. The SMILES string of the molecule is CC(C)(C)OC(=O)N(CC1(CN2CCC(C(F)(F)F)CC2)CC1)C1CC1c1ccccc1. The summed E-state index contributed by atoms with van der Waals surface area (Å²) in [7, 11) is 0. The first-order valence-corrected chi connectivity index (χ1v) is 11.8. The first-order chi connectivity index (χ1) is 15.0. The van der Waals surface area contributed by atoms with Gasteiger partial charge in [-0.3, -0.25) is 0 Å². The number of ether oxygens (including phenoxy) is 1. The largest absolute Gasteiger partial charge is 0.444 e. The number of hydrogen-bond acceptors (Lipinski definition) is 3. The number of halogens is 3. The molecule has 2 atom stereocenters. The van der Waals surface area contributed by atoms with Gasteiger partial charge in [-0.05, 0) is 71.5 Å². The lowest BCUT2D eigenvalue weighted by molar-refractivity contribution is -0.185. The minimum absolute atomic E-state index is 0.0220. The van der Waals surface area contributed by atoms with E-state index in [1.165, 1.54) is 5.56 Å². The lowest BCUT2D eigenvalue weighted by Gasteiger charge is -2.37. The number of carbonyl (C=O) groups is 1. The first kappa shape index (κ1) is 23.4. The average Bonchev–Trinajstić information content (AvgIpc) is 3.62. The van der Waals surface area contributed by atoms with E-state index < -0.39 is 17.7 Å². The van der Waals surface area contributed by atoms with Crippen molar-refractivity contribution in [2.75, 3.05) is 26.2 Å². The molecule has 7 heteroatoms. The van der Waals surface area contributed by atoms with E-state index in [0.717, 1.165) is 25.8 Å². The molecule has 2 aliphatic carbocycles. The Hall–Kier alpha value is -1.76. The number of likely N-dealkylation sites (tertiary alicyclic amines) is 1. The molecule has 1 heterocycles. The van der Waals surface area contributed by atoms with E-state index in [9.17, 15) is 18.0 Å². The van der Waals surface area contributed by atoms with Crippen molar-refractivity contribution in [1.82, 2.24) is 9.80 Å². The van der Waals surface area contributed by atoms with Crippen LogP contribution in [0.1, 0.15) is 64.4 Å². The highest BCUT2D eigenvalue weighted by molar-refractivity contribution is 5.69. The molecule has 4 nitrogen and oxygen atoms in total.